The second kappa shape index (κ2) is 6.75. The summed E-state index contributed by atoms with van der Waals surface area (Å²) in [5, 5.41) is 1.89. The first-order valence-corrected chi connectivity index (χ1v) is 8.13. The van der Waals surface area contributed by atoms with E-state index in [1.54, 1.807) is 0 Å². The smallest absolute Gasteiger partial charge is 0.345 e. The molecule has 0 aromatic carbocycles. The van der Waals surface area contributed by atoms with E-state index in [-0.39, 0.29) is 31.7 Å². The molecule has 0 aliphatic carbocycles. The molecule has 0 spiro atoms. The third-order valence-electron chi connectivity index (χ3n) is 3.20. The lowest BCUT2D eigenvalue weighted by Crippen LogP contribution is -2.49. The van der Waals surface area contributed by atoms with Gasteiger partial charge in [0.05, 0.1) is 5.75 Å². The fourth-order valence-electron chi connectivity index (χ4n) is 2.00. The van der Waals surface area contributed by atoms with Crippen molar-refractivity contribution in [3.05, 3.63) is 0 Å². The summed E-state index contributed by atoms with van der Waals surface area (Å²) >= 11 is 0. The van der Waals surface area contributed by atoms with Gasteiger partial charge in [0.25, 0.3) is 0 Å². The maximum atomic E-state index is 12.1. The van der Waals surface area contributed by atoms with Crippen LogP contribution in [-0.2, 0) is 14.8 Å². The van der Waals surface area contributed by atoms with Crippen molar-refractivity contribution in [3.8, 4) is 0 Å². The molecular weight excluding hydrogens is 297 g/mol. The van der Waals surface area contributed by atoms with Crippen LogP contribution in [0.25, 0.3) is 0 Å². The summed E-state index contributed by atoms with van der Waals surface area (Å²) in [4.78, 5) is 10.8. The Kier molecular flexibility index (Phi) is 5.81. The summed E-state index contributed by atoms with van der Waals surface area (Å²) in [6.45, 7) is 2.18. The van der Waals surface area contributed by atoms with Gasteiger partial charge < -0.3 is 5.32 Å². The Morgan fingerprint density at radius 2 is 1.85 bits per heavy atom. The van der Waals surface area contributed by atoms with Crippen LogP contribution >= 0.6 is 0 Å². The maximum absolute atomic E-state index is 12.1. The first-order chi connectivity index (χ1) is 9.16. The number of alkyl halides is 3. The molecule has 1 amide bonds. The van der Waals surface area contributed by atoms with Gasteiger partial charge in [0.2, 0.25) is 10.0 Å². The van der Waals surface area contributed by atoms with E-state index in [9.17, 15) is 26.4 Å². The normalized spacial score (nSPS) is 19.0. The van der Waals surface area contributed by atoms with Gasteiger partial charge in [0, 0.05) is 19.1 Å². The number of carbonyl (C=O) groups excluding carboxylic acids is 1. The highest BCUT2D eigenvalue weighted by atomic mass is 32.2. The van der Waals surface area contributed by atoms with Crippen molar-refractivity contribution in [3.63, 3.8) is 0 Å². The molecular formula is C11H19F3N2O3S. The van der Waals surface area contributed by atoms with Gasteiger partial charge in [-0.25, -0.2) is 12.7 Å². The van der Waals surface area contributed by atoms with E-state index in [1.807, 2.05) is 12.2 Å². The number of nitrogens with zero attached hydrogens (tertiary/aromatic N) is 1. The molecule has 1 N–H and O–H groups in total. The van der Waals surface area contributed by atoms with Gasteiger partial charge in [0.1, 0.15) is 0 Å². The Morgan fingerprint density at radius 3 is 2.30 bits per heavy atom. The molecule has 1 fully saturated rings. The number of hydrogen-bond donors (Lipinski definition) is 1. The third kappa shape index (κ3) is 4.93. The predicted octanol–water partition coefficient (Wildman–Crippen LogP) is 1.26. The third-order valence-corrected chi connectivity index (χ3v) is 5.15. The van der Waals surface area contributed by atoms with E-state index in [1.165, 1.54) is 4.31 Å². The summed E-state index contributed by atoms with van der Waals surface area (Å²) < 4.78 is 61.3. The van der Waals surface area contributed by atoms with Gasteiger partial charge in [-0.1, -0.05) is 13.3 Å². The van der Waals surface area contributed by atoms with Crippen LogP contribution in [0.4, 0.5) is 13.2 Å². The number of halogens is 3. The zero-order chi connectivity index (χ0) is 15.4. The highest BCUT2D eigenvalue weighted by molar-refractivity contribution is 7.89. The number of hydrogen-bond acceptors (Lipinski definition) is 3. The first kappa shape index (κ1) is 17.2. The van der Waals surface area contributed by atoms with E-state index < -0.39 is 28.1 Å². The van der Waals surface area contributed by atoms with E-state index in [4.69, 9.17) is 0 Å². The molecule has 1 aliphatic heterocycles. The van der Waals surface area contributed by atoms with Gasteiger partial charge in [-0.3, -0.25) is 4.79 Å². The average molecular weight is 316 g/mol. The van der Waals surface area contributed by atoms with E-state index in [0.29, 0.717) is 6.42 Å². The second-order valence-electron chi connectivity index (χ2n) is 4.81. The van der Waals surface area contributed by atoms with Crippen molar-refractivity contribution in [2.24, 2.45) is 0 Å². The van der Waals surface area contributed by atoms with Gasteiger partial charge in [-0.2, -0.15) is 13.2 Å². The van der Waals surface area contributed by atoms with Crippen LogP contribution in [0.15, 0.2) is 0 Å². The van der Waals surface area contributed by atoms with Crippen LogP contribution < -0.4 is 5.32 Å². The molecule has 0 bridgehead atoms. The lowest BCUT2D eigenvalue weighted by Gasteiger charge is -2.31. The molecule has 1 rings (SSSR count). The van der Waals surface area contributed by atoms with Crippen molar-refractivity contribution >= 4 is 15.9 Å². The zero-order valence-corrected chi connectivity index (χ0v) is 12.1. The van der Waals surface area contributed by atoms with E-state index >= 15 is 0 Å². The average Bonchev–Trinajstić information content (AvgIpc) is 2.36. The number of rotatable bonds is 5. The lowest BCUT2D eigenvalue weighted by atomic mass is 10.1. The molecule has 5 nitrogen and oxygen atoms in total. The minimum Gasteiger partial charge on any atom is -0.345 e. The Labute approximate surface area is 116 Å². The van der Waals surface area contributed by atoms with Crippen molar-refractivity contribution in [2.75, 3.05) is 18.8 Å². The number of unbranched alkanes of at least 4 members (excludes halogenated alkanes) is 1. The van der Waals surface area contributed by atoms with Crippen molar-refractivity contribution in [2.45, 2.75) is 44.8 Å². The van der Waals surface area contributed by atoms with Crippen molar-refractivity contribution < 1.29 is 26.4 Å². The van der Waals surface area contributed by atoms with Crippen molar-refractivity contribution in [1.82, 2.24) is 9.62 Å². The van der Waals surface area contributed by atoms with Crippen LogP contribution in [0.3, 0.4) is 0 Å². The molecule has 0 unspecified atom stereocenters. The summed E-state index contributed by atoms with van der Waals surface area (Å²) in [7, 11) is -3.33. The van der Waals surface area contributed by atoms with Crippen LogP contribution in [0, 0.1) is 0 Å². The molecule has 0 atom stereocenters. The molecule has 1 saturated heterocycles. The molecule has 0 radical (unpaired) electrons. The lowest BCUT2D eigenvalue weighted by molar-refractivity contribution is -0.174. The second-order valence-corrected chi connectivity index (χ2v) is 6.90. The maximum Gasteiger partial charge on any atom is 0.471 e. The molecule has 118 valence electrons. The monoisotopic (exact) mass is 316 g/mol. The molecule has 0 saturated carbocycles. The molecule has 1 aliphatic rings. The van der Waals surface area contributed by atoms with Crippen LogP contribution in [0.5, 0.6) is 0 Å². The number of piperidine rings is 1. The standard InChI is InChI=1S/C11H19F3N2O3S/c1-2-3-8-20(18,19)16-6-4-9(5-7-16)15-10(17)11(12,13)14/h9H,2-8H2,1H3,(H,15,17). The molecule has 20 heavy (non-hydrogen) atoms. The first-order valence-electron chi connectivity index (χ1n) is 6.52. The van der Waals surface area contributed by atoms with Gasteiger partial charge in [0.15, 0.2) is 0 Å². The zero-order valence-electron chi connectivity index (χ0n) is 11.2. The van der Waals surface area contributed by atoms with Crippen LogP contribution in [-0.4, -0.2) is 49.7 Å². The number of sulfonamides is 1. The van der Waals surface area contributed by atoms with E-state index in [0.717, 1.165) is 6.42 Å². The minimum absolute atomic E-state index is 0.0586. The SMILES string of the molecule is CCCCS(=O)(=O)N1CCC(NC(=O)C(F)(F)F)CC1. The van der Waals surface area contributed by atoms with Crippen molar-refractivity contribution in [1.29, 1.82) is 0 Å². The van der Waals surface area contributed by atoms with Crippen LogP contribution in [0.2, 0.25) is 0 Å². The Hall–Kier alpha value is -0.830. The highest BCUT2D eigenvalue weighted by Gasteiger charge is 2.40. The van der Waals surface area contributed by atoms with Gasteiger partial charge >= 0.3 is 12.1 Å². The minimum atomic E-state index is -4.90. The van der Waals surface area contributed by atoms with Gasteiger partial charge in [-0.05, 0) is 19.3 Å². The topological polar surface area (TPSA) is 66.5 Å². The fraction of sp³-hybridized carbons (Fsp3) is 0.909. The number of amides is 1. The summed E-state index contributed by atoms with van der Waals surface area (Å²) in [5.41, 5.74) is 0. The molecule has 1 heterocycles. The number of carbonyl (C=O) groups is 1. The molecule has 0 aromatic heterocycles. The highest BCUT2D eigenvalue weighted by Crippen LogP contribution is 2.19. The van der Waals surface area contributed by atoms with Gasteiger partial charge in [-0.15, -0.1) is 0 Å². The van der Waals surface area contributed by atoms with E-state index in [2.05, 4.69) is 0 Å². The summed E-state index contributed by atoms with van der Waals surface area (Å²) in [5.74, 6) is -1.91. The fourth-order valence-corrected chi connectivity index (χ4v) is 3.68. The molecule has 0 aromatic rings. The Morgan fingerprint density at radius 1 is 1.30 bits per heavy atom. The predicted molar refractivity (Wildman–Crippen MR) is 67.5 cm³/mol. The molecule has 9 heteroatoms. The largest absolute Gasteiger partial charge is 0.471 e. The van der Waals surface area contributed by atoms with Crippen LogP contribution in [0.1, 0.15) is 32.6 Å². The Balaban J connectivity index is 2.46. The quantitative estimate of drug-likeness (QED) is 0.830. The summed E-state index contributed by atoms with van der Waals surface area (Å²) in [6, 6.07) is -0.623. The Bertz CT molecular complexity index is 429. The number of nitrogens with one attached hydrogen (secondary N) is 1. The summed E-state index contributed by atoms with van der Waals surface area (Å²) in [6.07, 6.45) is -3.17.